The van der Waals surface area contributed by atoms with E-state index in [9.17, 15) is 4.79 Å². The second kappa shape index (κ2) is 5.49. The lowest BCUT2D eigenvalue weighted by atomic mass is 9.89. The number of piperidine rings is 1. The SMILES string of the molecule is Cc1cc(C(=O)N2CCC(c3ccccc3)CC2)no1. The first kappa shape index (κ1) is 12.9. The molecule has 0 bridgehead atoms. The minimum Gasteiger partial charge on any atom is -0.361 e. The summed E-state index contributed by atoms with van der Waals surface area (Å²) in [5.41, 5.74) is 1.79. The first-order chi connectivity index (χ1) is 9.74. The van der Waals surface area contributed by atoms with Gasteiger partial charge in [0.1, 0.15) is 5.76 Å². The van der Waals surface area contributed by atoms with Crippen molar-refractivity contribution in [3.63, 3.8) is 0 Å². The minimum absolute atomic E-state index is 0.0200. The molecule has 0 spiro atoms. The standard InChI is InChI=1S/C16H18N2O2/c1-12-11-15(17-20-12)16(19)18-9-7-14(8-10-18)13-5-3-2-4-6-13/h2-6,11,14H,7-10H2,1H3. The van der Waals surface area contributed by atoms with Crippen LogP contribution in [0.25, 0.3) is 0 Å². The van der Waals surface area contributed by atoms with Gasteiger partial charge < -0.3 is 9.42 Å². The molecule has 4 nitrogen and oxygen atoms in total. The Labute approximate surface area is 118 Å². The van der Waals surface area contributed by atoms with Crippen molar-refractivity contribution in [2.24, 2.45) is 0 Å². The molecule has 1 aromatic carbocycles. The average molecular weight is 270 g/mol. The molecule has 1 aliphatic heterocycles. The monoisotopic (exact) mass is 270 g/mol. The summed E-state index contributed by atoms with van der Waals surface area (Å²) in [6, 6.07) is 12.2. The van der Waals surface area contributed by atoms with E-state index in [1.54, 1.807) is 13.0 Å². The molecule has 0 atom stereocenters. The molecule has 1 aliphatic rings. The second-order valence-electron chi connectivity index (χ2n) is 5.30. The van der Waals surface area contributed by atoms with Crippen molar-refractivity contribution in [3.8, 4) is 0 Å². The molecule has 0 saturated carbocycles. The molecule has 104 valence electrons. The van der Waals surface area contributed by atoms with Crippen molar-refractivity contribution < 1.29 is 9.32 Å². The van der Waals surface area contributed by atoms with E-state index in [0.717, 1.165) is 25.9 Å². The van der Waals surface area contributed by atoms with Crippen molar-refractivity contribution in [1.29, 1.82) is 0 Å². The molecular formula is C16H18N2O2. The predicted molar refractivity (Wildman–Crippen MR) is 75.6 cm³/mol. The van der Waals surface area contributed by atoms with Gasteiger partial charge in [-0.05, 0) is 31.2 Å². The van der Waals surface area contributed by atoms with Gasteiger partial charge in [0, 0.05) is 19.2 Å². The maximum Gasteiger partial charge on any atom is 0.276 e. The number of carbonyl (C=O) groups excluding carboxylic acids is 1. The fraction of sp³-hybridized carbons (Fsp3) is 0.375. The summed E-state index contributed by atoms with van der Waals surface area (Å²) in [6.07, 6.45) is 2.01. The zero-order chi connectivity index (χ0) is 13.9. The Kier molecular flexibility index (Phi) is 3.54. The quantitative estimate of drug-likeness (QED) is 0.842. The summed E-state index contributed by atoms with van der Waals surface area (Å²) in [5.74, 6) is 1.21. The van der Waals surface area contributed by atoms with Gasteiger partial charge in [0.2, 0.25) is 0 Å². The fourth-order valence-corrected chi connectivity index (χ4v) is 2.77. The van der Waals surface area contributed by atoms with Crippen LogP contribution in [0, 0.1) is 6.92 Å². The molecule has 1 aromatic heterocycles. The van der Waals surface area contributed by atoms with Crippen LogP contribution < -0.4 is 0 Å². The highest BCUT2D eigenvalue weighted by Gasteiger charge is 2.25. The van der Waals surface area contributed by atoms with Crippen LogP contribution in [0.2, 0.25) is 0 Å². The molecule has 3 rings (SSSR count). The van der Waals surface area contributed by atoms with E-state index in [1.165, 1.54) is 5.56 Å². The zero-order valence-corrected chi connectivity index (χ0v) is 11.6. The van der Waals surface area contributed by atoms with Crippen LogP contribution in [0.4, 0.5) is 0 Å². The van der Waals surface area contributed by atoms with E-state index in [2.05, 4.69) is 29.4 Å². The zero-order valence-electron chi connectivity index (χ0n) is 11.6. The van der Waals surface area contributed by atoms with Crippen molar-refractivity contribution in [2.45, 2.75) is 25.7 Å². The Morgan fingerprint density at radius 3 is 2.55 bits per heavy atom. The van der Waals surface area contributed by atoms with Gasteiger partial charge in [-0.15, -0.1) is 0 Å². The van der Waals surface area contributed by atoms with Gasteiger partial charge in [0.15, 0.2) is 5.69 Å². The van der Waals surface area contributed by atoms with Crippen LogP contribution in [-0.4, -0.2) is 29.1 Å². The van der Waals surface area contributed by atoms with E-state index < -0.39 is 0 Å². The average Bonchev–Trinajstić information content (AvgIpc) is 2.94. The highest BCUT2D eigenvalue weighted by atomic mass is 16.5. The molecule has 1 fully saturated rings. The Bertz CT molecular complexity index is 584. The van der Waals surface area contributed by atoms with Gasteiger partial charge in [-0.1, -0.05) is 35.5 Å². The minimum atomic E-state index is -0.0200. The van der Waals surface area contributed by atoms with Crippen LogP contribution in [0.15, 0.2) is 40.9 Å². The maximum absolute atomic E-state index is 12.3. The fourth-order valence-electron chi connectivity index (χ4n) is 2.77. The number of aryl methyl sites for hydroxylation is 1. The molecule has 2 aromatic rings. The van der Waals surface area contributed by atoms with Gasteiger partial charge in [-0.25, -0.2) is 0 Å². The van der Waals surface area contributed by atoms with Crippen molar-refractivity contribution in [1.82, 2.24) is 10.1 Å². The van der Waals surface area contributed by atoms with E-state index in [4.69, 9.17) is 4.52 Å². The maximum atomic E-state index is 12.3. The van der Waals surface area contributed by atoms with Crippen LogP contribution in [0.1, 0.15) is 40.6 Å². The van der Waals surface area contributed by atoms with Crippen molar-refractivity contribution >= 4 is 5.91 Å². The molecule has 0 N–H and O–H groups in total. The normalized spacial score (nSPS) is 16.4. The summed E-state index contributed by atoms with van der Waals surface area (Å²) in [7, 11) is 0. The van der Waals surface area contributed by atoms with E-state index >= 15 is 0 Å². The molecule has 1 saturated heterocycles. The topological polar surface area (TPSA) is 46.3 Å². The summed E-state index contributed by atoms with van der Waals surface area (Å²) in [6.45, 7) is 3.36. The molecular weight excluding hydrogens is 252 g/mol. The van der Waals surface area contributed by atoms with Gasteiger partial charge in [0.25, 0.3) is 5.91 Å². The molecule has 0 aliphatic carbocycles. The third-order valence-corrected chi connectivity index (χ3v) is 3.90. The number of amides is 1. The van der Waals surface area contributed by atoms with E-state index in [0.29, 0.717) is 17.4 Å². The Hall–Kier alpha value is -2.10. The van der Waals surface area contributed by atoms with Crippen molar-refractivity contribution in [2.75, 3.05) is 13.1 Å². The lowest BCUT2D eigenvalue weighted by Crippen LogP contribution is -2.38. The summed E-state index contributed by atoms with van der Waals surface area (Å²) >= 11 is 0. The first-order valence-electron chi connectivity index (χ1n) is 7.01. The third kappa shape index (κ3) is 2.59. The third-order valence-electron chi connectivity index (χ3n) is 3.90. The summed E-state index contributed by atoms with van der Waals surface area (Å²) in [5, 5.41) is 3.80. The number of hydrogen-bond donors (Lipinski definition) is 0. The molecule has 4 heteroatoms. The highest BCUT2D eigenvalue weighted by Crippen LogP contribution is 2.28. The van der Waals surface area contributed by atoms with Crippen LogP contribution in [0.3, 0.4) is 0 Å². The summed E-state index contributed by atoms with van der Waals surface area (Å²) < 4.78 is 4.97. The Balaban J connectivity index is 1.63. The van der Waals surface area contributed by atoms with Crippen LogP contribution >= 0.6 is 0 Å². The van der Waals surface area contributed by atoms with E-state index in [1.807, 2.05) is 11.0 Å². The van der Waals surface area contributed by atoms with Gasteiger partial charge in [-0.2, -0.15) is 0 Å². The number of benzene rings is 1. The lowest BCUT2D eigenvalue weighted by molar-refractivity contribution is 0.0702. The smallest absolute Gasteiger partial charge is 0.276 e. The Morgan fingerprint density at radius 2 is 1.95 bits per heavy atom. The second-order valence-corrected chi connectivity index (χ2v) is 5.30. The number of rotatable bonds is 2. The highest BCUT2D eigenvalue weighted by molar-refractivity contribution is 5.92. The molecule has 1 amide bonds. The molecule has 20 heavy (non-hydrogen) atoms. The number of carbonyl (C=O) groups is 1. The van der Waals surface area contributed by atoms with E-state index in [-0.39, 0.29) is 5.91 Å². The largest absolute Gasteiger partial charge is 0.361 e. The van der Waals surface area contributed by atoms with Crippen molar-refractivity contribution in [3.05, 3.63) is 53.4 Å². The molecule has 0 unspecified atom stereocenters. The first-order valence-corrected chi connectivity index (χ1v) is 7.01. The predicted octanol–water partition coefficient (Wildman–Crippen LogP) is 3.00. The Morgan fingerprint density at radius 1 is 1.25 bits per heavy atom. The number of likely N-dealkylation sites (tertiary alicyclic amines) is 1. The van der Waals surface area contributed by atoms with Crippen LogP contribution in [-0.2, 0) is 0 Å². The van der Waals surface area contributed by atoms with Crippen LogP contribution in [0.5, 0.6) is 0 Å². The summed E-state index contributed by atoms with van der Waals surface area (Å²) in [4.78, 5) is 14.1. The van der Waals surface area contributed by atoms with Gasteiger partial charge in [0.05, 0.1) is 0 Å². The lowest BCUT2D eigenvalue weighted by Gasteiger charge is -2.31. The van der Waals surface area contributed by atoms with Gasteiger partial charge >= 0.3 is 0 Å². The number of nitrogens with zero attached hydrogens (tertiary/aromatic N) is 2. The number of hydrogen-bond acceptors (Lipinski definition) is 3. The molecule has 0 radical (unpaired) electrons. The number of aromatic nitrogens is 1. The van der Waals surface area contributed by atoms with Gasteiger partial charge in [-0.3, -0.25) is 4.79 Å². The molecule has 2 heterocycles.